The molecule has 0 aliphatic heterocycles. The first kappa shape index (κ1) is 14.4. The van der Waals surface area contributed by atoms with Gasteiger partial charge in [-0.2, -0.15) is 0 Å². The first-order chi connectivity index (χ1) is 8.17. The molecule has 1 heterocycles. The normalized spacial score (nSPS) is 12.1. The van der Waals surface area contributed by atoms with Gasteiger partial charge in [0.2, 0.25) is 0 Å². The number of aryl methyl sites for hydroxylation is 2. The Balaban J connectivity index is 2.57. The highest BCUT2D eigenvalue weighted by Gasteiger charge is 2.03. The average molecular weight is 254 g/mol. The van der Waals surface area contributed by atoms with Crippen LogP contribution in [0.3, 0.4) is 0 Å². The average Bonchev–Trinajstić information content (AvgIpc) is 2.61. The van der Waals surface area contributed by atoms with E-state index in [9.17, 15) is 0 Å². The molecule has 96 valence electrons. The molecule has 0 radical (unpaired) electrons. The molecular formula is C13H22N2OS. The highest BCUT2D eigenvalue weighted by molar-refractivity contribution is 7.12. The van der Waals surface area contributed by atoms with E-state index < -0.39 is 0 Å². The molecule has 0 spiro atoms. The fourth-order valence-corrected chi connectivity index (χ4v) is 2.49. The molecule has 3 nitrogen and oxygen atoms in total. The lowest BCUT2D eigenvalue weighted by Gasteiger charge is -2.06. The van der Waals surface area contributed by atoms with Gasteiger partial charge in [-0.3, -0.25) is 0 Å². The summed E-state index contributed by atoms with van der Waals surface area (Å²) in [5.74, 6) is 0. The monoisotopic (exact) mass is 254 g/mol. The second-order valence-electron chi connectivity index (χ2n) is 4.01. The molecule has 0 saturated carbocycles. The minimum Gasteiger partial charge on any atom is -0.383 e. The van der Waals surface area contributed by atoms with Gasteiger partial charge in [0.25, 0.3) is 0 Å². The summed E-state index contributed by atoms with van der Waals surface area (Å²) in [6, 6.07) is 0. The number of nitrogens with one attached hydrogen (secondary N) is 1. The van der Waals surface area contributed by atoms with Crippen LogP contribution in [0.5, 0.6) is 0 Å². The van der Waals surface area contributed by atoms with Gasteiger partial charge in [0.1, 0.15) is 0 Å². The predicted octanol–water partition coefficient (Wildman–Crippen LogP) is 2.79. The lowest BCUT2D eigenvalue weighted by molar-refractivity contribution is 0.200. The van der Waals surface area contributed by atoms with E-state index in [4.69, 9.17) is 4.74 Å². The summed E-state index contributed by atoms with van der Waals surface area (Å²) >= 11 is 1.76. The molecule has 1 aromatic rings. The second kappa shape index (κ2) is 7.58. The molecule has 0 unspecified atom stereocenters. The van der Waals surface area contributed by atoms with Crippen molar-refractivity contribution >= 4 is 17.4 Å². The number of thiazole rings is 1. The molecule has 1 aromatic heterocycles. The first-order valence-electron chi connectivity index (χ1n) is 6.00. The number of methoxy groups -OCH3 is 1. The van der Waals surface area contributed by atoms with Gasteiger partial charge in [-0.05, 0) is 26.3 Å². The summed E-state index contributed by atoms with van der Waals surface area (Å²) < 4.78 is 5.01. The van der Waals surface area contributed by atoms with Gasteiger partial charge < -0.3 is 10.1 Å². The van der Waals surface area contributed by atoms with Crippen LogP contribution >= 0.6 is 11.3 Å². The number of hydrogen-bond acceptors (Lipinski definition) is 4. The molecule has 0 bridgehead atoms. The molecule has 4 heteroatoms. The third-order valence-electron chi connectivity index (χ3n) is 2.56. The number of hydrogen-bond donors (Lipinski definition) is 1. The topological polar surface area (TPSA) is 34.2 Å². The van der Waals surface area contributed by atoms with Crippen molar-refractivity contribution in [3.8, 4) is 0 Å². The number of rotatable bonds is 7. The Kier molecular flexibility index (Phi) is 6.40. The zero-order chi connectivity index (χ0) is 12.7. The van der Waals surface area contributed by atoms with Crippen LogP contribution in [-0.4, -0.2) is 31.8 Å². The van der Waals surface area contributed by atoms with Crippen LogP contribution in [-0.2, 0) is 4.74 Å². The maximum absolute atomic E-state index is 5.01. The second-order valence-corrected chi connectivity index (χ2v) is 5.24. The van der Waals surface area contributed by atoms with E-state index in [1.807, 2.05) is 0 Å². The standard InChI is InChI=1S/C13H22N2OS/c1-5-12(9-14-6-7-16-4)8-13-10(2)15-11(3)17-13/h8,14H,5-7,9H2,1-4H3. The smallest absolute Gasteiger partial charge is 0.0903 e. The van der Waals surface area contributed by atoms with E-state index in [1.54, 1.807) is 18.4 Å². The highest BCUT2D eigenvalue weighted by atomic mass is 32.1. The molecule has 0 aliphatic rings. The van der Waals surface area contributed by atoms with Crippen molar-refractivity contribution in [3.63, 3.8) is 0 Å². The fraction of sp³-hybridized carbons (Fsp3) is 0.615. The van der Waals surface area contributed by atoms with Crippen LogP contribution in [0, 0.1) is 13.8 Å². The maximum Gasteiger partial charge on any atom is 0.0903 e. The van der Waals surface area contributed by atoms with Crippen LogP contribution in [0.1, 0.15) is 28.9 Å². The van der Waals surface area contributed by atoms with Gasteiger partial charge in [0.05, 0.1) is 22.2 Å². The lowest BCUT2D eigenvalue weighted by Crippen LogP contribution is -2.21. The Labute approximate surface area is 108 Å². The Morgan fingerprint density at radius 3 is 2.76 bits per heavy atom. The van der Waals surface area contributed by atoms with Gasteiger partial charge in [-0.1, -0.05) is 12.5 Å². The molecule has 1 rings (SSSR count). The SMILES string of the molecule is CCC(=Cc1sc(C)nc1C)CNCCOC. The molecular weight excluding hydrogens is 232 g/mol. The lowest BCUT2D eigenvalue weighted by atomic mass is 10.1. The van der Waals surface area contributed by atoms with E-state index in [2.05, 4.69) is 37.1 Å². The molecule has 0 fully saturated rings. The molecule has 0 amide bonds. The van der Waals surface area contributed by atoms with E-state index in [1.165, 1.54) is 10.5 Å². The summed E-state index contributed by atoms with van der Waals surface area (Å²) in [7, 11) is 1.72. The number of ether oxygens (including phenoxy) is 1. The molecule has 0 aromatic carbocycles. The number of nitrogens with zero attached hydrogens (tertiary/aromatic N) is 1. The van der Waals surface area contributed by atoms with Gasteiger partial charge >= 0.3 is 0 Å². The fourth-order valence-electron chi connectivity index (χ4n) is 1.57. The van der Waals surface area contributed by atoms with Crippen molar-refractivity contribution in [1.29, 1.82) is 0 Å². The molecule has 0 saturated heterocycles. The van der Waals surface area contributed by atoms with E-state index in [-0.39, 0.29) is 0 Å². The summed E-state index contributed by atoms with van der Waals surface area (Å²) in [6.07, 6.45) is 3.33. The van der Waals surface area contributed by atoms with Crippen molar-refractivity contribution in [1.82, 2.24) is 10.3 Å². The number of aromatic nitrogens is 1. The van der Waals surface area contributed by atoms with Crippen LogP contribution in [0.2, 0.25) is 0 Å². The summed E-state index contributed by atoms with van der Waals surface area (Å²) in [4.78, 5) is 5.73. The minimum absolute atomic E-state index is 0.760. The summed E-state index contributed by atoms with van der Waals surface area (Å²) in [5.41, 5.74) is 2.54. The molecule has 17 heavy (non-hydrogen) atoms. The van der Waals surface area contributed by atoms with Crippen LogP contribution < -0.4 is 5.32 Å². The van der Waals surface area contributed by atoms with Crippen molar-refractivity contribution in [2.24, 2.45) is 0 Å². The largest absolute Gasteiger partial charge is 0.383 e. The third kappa shape index (κ3) is 4.98. The van der Waals surface area contributed by atoms with E-state index >= 15 is 0 Å². The van der Waals surface area contributed by atoms with Crippen LogP contribution in [0.15, 0.2) is 5.57 Å². The Hall–Kier alpha value is -0.710. The zero-order valence-corrected chi connectivity index (χ0v) is 12.0. The van der Waals surface area contributed by atoms with Gasteiger partial charge in [0, 0.05) is 20.2 Å². The van der Waals surface area contributed by atoms with Crippen molar-refractivity contribution in [2.45, 2.75) is 27.2 Å². The Morgan fingerprint density at radius 1 is 1.47 bits per heavy atom. The van der Waals surface area contributed by atoms with Gasteiger partial charge in [-0.15, -0.1) is 11.3 Å². The summed E-state index contributed by atoms with van der Waals surface area (Å²) in [6.45, 7) is 8.89. The van der Waals surface area contributed by atoms with Crippen molar-refractivity contribution < 1.29 is 4.74 Å². The van der Waals surface area contributed by atoms with Crippen molar-refractivity contribution in [3.05, 3.63) is 21.2 Å². The van der Waals surface area contributed by atoms with Gasteiger partial charge in [-0.25, -0.2) is 4.98 Å². The van der Waals surface area contributed by atoms with Crippen molar-refractivity contribution in [2.75, 3.05) is 26.8 Å². The van der Waals surface area contributed by atoms with E-state index in [0.29, 0.717) is 0 Å². The molecule has 0 aliphatic carbocycles. The summed E-state index contributed by atoms with van der Waals surface area (Å²) in [5, 5.41) is 4.51. The van der Waals surface area contributed by atoms with Crippen LogP contribution in [0.4, 0.5) is 0 Å². The Morgan fingerprint density at radius 2 is 2.24 bits per heavy atom. The minimum atomic E-state index is 0.760. The van der Waals surface area contributed by atoms with E-state index in [0.717, 1.165) is 36.8 Å². The molecule has 0 atom stereocenters. The third-order valence-corrected chi connectivity index (χ3v) is 3.58. The molecule has 1 N–H and O–H groups in total. The Bertz CT molecular complexity index is 371. The predicted molar refractivity (Wildman–Crippen MR) is 74.6 cm³/mol. The van der Waals surface area contributed by atoms with Crippen LogP contribution in [0.25, 0.3) is 6.08 Å². The van der Waals surface area contributed by atoms with Gasteiger partial charge in [0.15, 0.2) is 0 Å². The quantitative estimate of drug-likeness (QED) is 0.760. The zero-order valence-electron chi connectivity index (χ0n) is 11.2. The first-order valence-corrected chi connectivity index (χ1v) is 6.82. The highest BCUT2D eigenvalue weighted by Crippen LogP contribution is 2.20. The maximum atomic E-state index is 5.01.